The molecule has 0 radical (unpaired) electrons. The Hall–Kier alpha value is -1.74. The van der Waals surface area contributed by atoms with Gasteiger partial charge in [0.1, 0.15) is 11.5 Å². The van der Waals surface area contributed by atoms with Gasteiger partial charge in [-0.05, 0) is 37.1 Å². The molecule has 4 rings (SSSR count). The van der Waals surface area contributed by atoms with Gasteiger partial charge in [-0.3, -0.25) is 4.98 Å². The Morgan fingerprint density at radius 1 is 0.952 bits per heavy atom. The van der Waals surface area contributed by atoms with E-state index in [0.717, 1.165) is 0 Å². The SMILES string of the molecule is Cn1cc([S+]2CCCC2)c2ccccc21.c1ccncc1. The van der Waals surface area contributed by atoms with Gasteiger partial charge in [0.05, 0.1) is 17.1 Å². The molecule has 0 atom stereocenters. The van der Waals surface area contributed by atoms with Crippen molar-refractivity contribution < 1.29 is 0 Å². The van der Waals surface area contributed by atoms with Crippen molar-refractivity contribution in [1.82, 2.24) is 9.55 Å². The first kappa shape index (κ1) is 14.2. The smallest absolute Gasteiger partial charge is 0.180 e. The van der Waals surface area contributed by atoms with Gasteiger partial charge in [-0.2, -0.15) is 0 Å². The van der Waals surface area contributed by atoms with Crippen LogP contribution < -0.4 is 0 Å². The standard InChI is InChI=1S/C13H16NS.C5H5N/c1-14-10-13(15-8-4-5-9-15)11-6-2-3-7-12(11)14;1-2-4-6-5-3-1/h2-3,6-7,10H,4-5,8-9H2,1H3;1-5H/q+1;. The van der Waals surface area contributed by atoms with Crippen LogP contribution in [-0.4, -0.2) is 21.1 Å². The fourth-order valence-corrected chi connectivity index (χ4v) is 5.26. The van der Waals surface area contributed by atoms with Crippen molar-refractivity contribution in [3.63, 3.8) is 0 Å². The minimum Gasteiger partial charge on any atom is -0.346 e. The van der Waals surface area contributed by atoms with Crippen LogP contribution in [0.25, 0.3) is 10.9 Å². The summed E-state index contributed by atoms with van der Waals surface area (Å²) in [6.07, 6.45) is 8.69. The summed E-state index contributed by atoms with van der Waals surface area (Å²) in [6.45, 7) is 0. The summed E-state index contributed by atoms with van der Waals surface area (Å²) < 4.78 is 2.27. The molecule has 0 bridgehead atoms. The van der Waals surface area contributed by atoms with Crippen molar-refractivity contribution in [3.05, 3.63) is 61.1 Å². The molecule has 3 aromatic rings. The van der Waals surface area contributed by atoms with Gasteiger partial charge < -0.3 is 4.57 Å². The predicted octanol–water partition coefficient (Wildman–Crippen LogP) is 4.03. The lowest BCUT2D eigenvalue weighted by Gasteiger charge is -1.96. The van der Waals surface area contributed by atoms with Gasteiger partial charge in [0.2, 0.25) is 0 Å². The molecule has 3 heterocycles. The average molecular weight is 297 g/mol. The maximum Gasteiger partial charge on any atom is 0.180 e. The minimum absolute atomic E-state index is 0.535. The van der Waals surface area contributed by atoms with Crippen molar-refractivity contribution in [3.8, 4) is 0 Å². The highest BCUT2D eigenvalue weighted by atomic mass is 32.2. The first-order valence-corrected chi connectivity index (χ1v) is 8.99. The number of nitrogens with zero attached hydrogens (tertiary/aromatic N) is 2. The average Bonchev–Trinajstić information content (AvgIpc) is 3.18. The monoisotopic (exact) mass is 297 g/mol. The molecule has 0 N–H and O–H groups in total. The van der Waals surface area contributed by atoms with Crippen LogP contribution in [0.15, 0.2) is 66.0 Å². The van der Waals surface area contributed by atoms with Crippen LogP contribution in [-0.2, 0) is 17.9 Å². The van der Waals surface area contributed by atoms with E-state index < -0.39 is 0 Å². The largest absolute Gasteiger partial charge is 0.346 e. The van der Waals surface area contributed by atoms with Gasteiger partial charge in [-0.25, -0.2) is 0 Å². The van der Waals surface area contributed by atoms with E-state index in [1.807, 2.05) is 18.2 Å². The molecule has 1 aliphatic rings. The van der Waals surface area contributed by atoms with Crippen LogP contribution >= 0.6 is 0 Å². The maximum atomic E-state index is 3.78. The topological polar surface area (TPSA) is 17.8 Å². The number of benzene rings is 1. The Morgan fingerprint density at radius 2 is 1.67 bits per heavy atom. The first-order chi connectivity index (χ1) is 10.4. The van der Waals surface area contributed by atoms with Crippen molar-refractivity contribution in [2.75, 3.05) is 11.5 Å². The van der Waals surface area contributed by atoms with E-state index in [1.54, 1.807) is 17.3 Å². The molecule has 2 nitrogen and oxygen atoms in total. The Bertz CT molecular complexity index is 658. The second kappa shape index (κ2) is 6.81. The van der Waals surface area contributed by atoms with E-state index in [1.165, 1.54) is 35.3 Å². The van der Waals surface area contributed by atoms with Crippen LogP contribution in [0.3, 0.4) is 0 Å². The lowest BCUT2D eigenvalue weighted by molar-refractivity contribution is 0.949. The number of pyridine rings is 1. The summed E-state index contributed by atoms with van der Waals surface area (Å²) >= 11 is 0. The lowest BCUT2D eigenvalue weighted by atomic mass is 10.2. The zero-order valence-electron chi connectivity index (χ0n) is 12.4. The van der Waals surface area contributed by atoms with Gasteiger partial charge in [-0.15, -0.1) is 0 Å². The highest BCUT2D eigenvalue weighted by Gasteiger charge is 2.29. The fourth-order valence-electron chi connectivity index (χ4n) is 2.72. The summed E-state index contributed by atoms with van der Waals surface area (Å²) in [7, 11) is 2.69. The summed E-state index contributed by atoms with van der Waals surface area (Å²) in [4.78, 5) is 5.39. The van der Waals surface area contributed by atoms with E-state index in [0.29, 0.717) is 10.9 Å². The molecule has 1 fully saturated rings. The summed E-state index contributed by atoms with van der Waals surface area (Å²) in [6, 6.07) is 14.5. The van der Waals surface area contributed by atoms with Crippen molar-refractivity contribution in [1.29, 1.82) is 0 Å². The van der Waals surface area contributed by atoms with Gasteiger partial charge in [-0.1, -0.05) is 18.2 Å². The van der Waals surface area contributed by atoms with Crippen LogP contribution in [0.1, 0.15) is 12.8 Å². The van der Waals surface area contributed by atoms with Crippen LogP contribution in [0.2, 0.25) is 0 Å². The van der Waals surface area contributed by atoms with Crippen molar-refractivity contribution >= 4 is 21.8 Å². The summed E-state index contributed by atoms with van der Waals surface area (Å²) in [5.41, 5.74) is 1.38. The quantitative estimate of drug-likeness (QED) is 0.620. The number of aryl methyl sites for hydroxylation is 1. The van der Waals surface area contributed by atoms with Crippen molar-refractivity contribution in [2.45, 2.75) is 17.7 Å². The minimum atomic E-state index is 0.535. The normalized spacial score (nSPS) is 14.9. The molecule has 108 valence electrons. The molecule has 0 saturated carbocycles. The first-order valence-electron chi connectivity index (χ1n) is 7.43. The Labute approximate surface area is 129 Å². The second-order valence-corrected chi connectivity index (χ2v) is 7.50. The lowest BCUT2D eigenvalue weighted by Crippen LogP contribution is -2.02. The molecule has 3 heteroatoms. The third-order valence-corrected chi connectivity index (χ3v) is 6.28. The maximum absolute atomic E-state index is 3.78. The zero-order chi connectivity index (χ0) is 14.5. The third kappa shape index (κ3) is 3.30. The fraction of sp³-hybridized carbons (Fsp3) is 0.278. The predicted molar refractivity (Wildman–Crippen MR) is 91.8 cm³/mol. The van der Waals surface area contributed by atoms with Gasteiger partial charge in [0.15, 0.2) is 4.90 Å². The molecule has 0 amide bonds. The number of hydrogen-bond acceptors (Lipinski definition) is 1. The van der Waals surface area contributed by atoms with Gasteiger partial charge in [0.25, 0.3) is 0 Å². The highest BCUT2D eigenvalue weighted by Crippen LogP contribution is 2.30. The molecular formula is C18H21N2S+. The molecule has 1 saturated heterocycles. The third-order valence-electron chi connectivity index (χ3n) is 3.77. The van der Waals surface area contributed by atoms with E-state index in [-0.39, 0.29) is 0 Å². The van der Waals surface area contributed by atoms with E-state index >= 15 is 0 Å². The number of aromatic nitrogens is 2. The molecule has 21 heavy (non-hydrogen) atoms. The molecule has 2 aromatic heterocycles. The summed E-state index contributed by atoms with van der Waals surface area (Å²) in [5, 5.41) is 1.48. The Morgan fingerprint density at radius 3 is 2.29 bits per heavy atom. The molecule has 1 aliphatic heterocycles. The van der Waals surface area contributed by atoms with E-state index in [9.17, 15) is 0 Å². The van der Waals surface area contributed by atoms with Crippen LogP contribution in [0.5, 0.6) is 0 Å². The molecular weight excluding hydrogens is 276 g/mol. The number of hydrogen-bond donors (Lipinski definition) is 0. The molecule has 0 spiro atoms. The van der Waals surface area contributed by atoms with Gasteiger partial charge >= 0.3 is 0 Å². The number of fused-ring (bicyclic) bond motifs is 1. The Balaban J connectivity index is 0.000000186. The molecule has 0 unspecified atom stereocenters. The number of rotatable bonds is 1. The number of para-hydroxylation sites is 1. The van der Waals surface area contributed by atoms with Crippen LogP contribution in [0.4, 0.5) is 0 Å². The van der Waals surface area contributed by atoms with E-state index in [4.69, 9.17) is 0 Å². The van der Waals surface area contributed by atoms with Gasteiger partial charge in [0, 0.05) is 30.3 Å². The van der Waals surface area contributed by atoms with Crippen LogP contribution in [0, 0.1) is 0 Å². The molecule has 0 aliphatic carbocycles. The molecule has 1 aromatic carbocycles. The van der Waals surface area contributed by atoms with E-state index in [2.05, 4.69) is 47.1 Å². The zero-order valence-corrected chi connectivity index (χ0v) is 13.2. The van der Waals surface area contributed by atoms with Crippen molar-refractivity contribution in [2.24, 2.45) is 7.05 Å². The Kier molecular flexibility index (Phi) is 4.61. The highest BCUT2D eigenvalue weighted by molar-refractivity contribution is 7.97. The second-order valence-electron chi connectivity index (χ2n) is 5.25. The summed E-state index contributed by atoms with van der Waals surface area (Å²) in [5.74, 6) is 2.82.